The number of nitrogens with one attached hydrogen (secondary N) is 2. The zero-order valence-electron chi connectivity index (χ0n) is 16.3. The topological polar surface area (TPSA) is 76.1 Å². The number of aryl methyl sites for hydroxylation is 2. The van der Waals surface area contributed by atoms with Crippen molar-refractivity contribution in [3.05, 3.63) is 64.3 Å². The lowest BCUT2D eigenvalue weighted by Crippen LogP contribution is -2.17. The van der Waals surface area contributed by atoms with Crippen molar-refractivity contribution in [3.8, 4) is 5.75 Å². The number of carbonyl (C=O) groups excluding carboxylic acids is 1. The van der Waals surface area contributed by atoms with E-state index in [9.17, 15) is 4.79 Å². The van der Waals surface area contributed by atoms with Gasteiger partial charge in [-0.15, -0.1) is 0 Å². The van der Waals surface area contributed by atoms with Gasteiger partial charge in [0.1, 0.15) is 11.6 Å². The molecule has 148 valence electrons. The Morgan fingerprint density at radius 3 is 2.48 bits per heavy atom. The van der Waals surface area contributed by atoms with Gasteiger partial charge >= 0.3 is 0 Å². The summed E-state index contributed by atoms with van der Waals surface area (Å²) >= 11 is 6.25. The Bertz CT molecular complexity index is 1070. The lowest BCUT2D eigenvalue weighted by atomic mass is 9.95. The molecule has 29 heavy (non-hydrogen) atoms. The average Bonchev–Trinajstić information content (AvgIpc) is 2.71. The number of rotatable bonds is 5. The molecule has 0 bridgehead atoms. The zero-order valence-corrected chi connectivity index (χ0v) is 17.0. The molecule has 2 aromatic carbocycles. The Hall–Kier alpha value is -3.12. The third-order valence-electron chi connectivity index (χ3n) is 4.86. The number of ether oxygens (including phenoxy) is 1. The number of Topliss-reactive ketones (excluding diaryl/α,β-unsaturated/α-hetero) is 1. The van der Waals surface area contributed by atoms with Gasteiger partial charge in [-0.25, -0.2) is 4.98 Å². The second-order valence-electron chi connectivity index (χ2n) is 6.94. The van der Waals surface area contributed by atoms with Crippen LogP contribution in [-0.4, -0.2) is 22.9 Å². The van der Waals surface area contributed by atoms with Crippen molar-refractivity contribution in [1.29, 1.82) is 0 Å². The fraction of sp³-hybridized carbons (Fsp3) is 0.227. The van der Waals surface area contributed by atoms with Crippen LogP contribution < -0.4 is 15.4 Å². The van der Waals surface area contributed by atoms with Gasteiger partial charge in [0.25, 0.3) is 0 Å². The molecular weight excluding hydrogens is 388 g/mol. The first-order chi connectivity index (χ1) is 14.0. The van der Waals surface area contributed by atoms with Crippen LogP contribution in [-0.2, 0) is 6.42 Å². The summed E-state index contributed by atoms with van der Waals surface area (Å²) in [5, 5.41) is 7.12. The zero-order chi connectivity index (χ0) is 20.4. The van der Waals surface area contributed by atoms with E-state index in [0.29, 0.717) is 28.8 Å². The predicted molar refractivity (Wildman–Crippen MR) is 115 cm³/mol. The van der Waals surface area contributed by atoms with Crippen LogP contribution in [0.25, 0.3) is 0 Å². The van der Waals surface area contributed by atoms with Crippen LogP contribution in [0.15, 0.2) is 42.5 Å². The van der Waals surface area contributed by atoms with Crippen LogP contribution in [0.5, 0.6) is 5.75 Å². The molecule has 1 aromatic heterocycles. The molecule has 7 heteroatoms. The van der Waals surface area contributed by atoms with Crippen LogP contribution in [0.2, 0.25) is 5.02 Å². The molecule has 2 N–H and O–H groups in total. The molecule has 0 atom stereocenters. The van der Waals surface area contributed by atoms with E-state index in [1.54, 1.807) is 7.11 Å². The lowest BCUT2D eigenvalue weighted by Gasteiger charge is -2.19. The standard InChI is InChI=1S/C22H21ClN4O2/c1-13-6-7-15(12-17(13)23)24-21-20-18(4-3-5-19(20)28)26-22(27-21)25-14-8-10-16(29-2)11-9-14/h6-12H,3-5H2,1-2H3,(H2,24,25,26,27). The van der Waals surface area contributed by atoms with E-state index >= 15 is 0 Å². The summed E-state index contributed by atoms with van der Waals surface area (Å²) < 4.78 is 5.19. The third kappa shape index (κ3) is 4.17. The second kappa shape index (κ2) is 8.09. The highest BCUT2D eigenvalue weighted by atomic mass is 35.5. The average molecular weight is 409 g/mol. The summed E-state index contributed by atoms with van der Waals surface area (Å²) in [5.74, 6) is 1.76. The molecule has 0 radical (unpaired) electrons. The Balaban J connectivity index is 1.70. The lowest BCUT2D eigenvalue weighted by molar-refractivity contribution is 0.0972. The first kappa shape index (κ1) is 19.2. The molecule has 1 heterocycles. The largest absolute Gasteiger partial charge is 0.497 e. The maximum Gasteiger partial charge on any atom is 0.229 e. The number of aromatic nitrogens is 2. The molecule has 4 rings (SSSR count). The van der Waals surface area contributed by atoms with E-state index < -0.39 is 0 Å². The number of nitrogens with zero attached hydrogens (tertiary/aromatic N) is 2. The SMILES string of the molecule is COc1ccc(Nc2nc3c(c(Nc4ccc(C)c(Cl)c4)n2)C(=O)CCC3)cc1. The summed E-state index contributed by atoms with van der Waals surface area (Å²) in [7, 11) is 1.63. The van der Waals surface area contributed by atoms with Gasteiger partial charge in [0.05, 0.1) is 18.4 Å². The van der Waals surface area contributed by atoms with Gasteiger partial charge in [-0.05, 0) is 61.7 Å². The Kier molecular flexibility index (Phi) is 5.36. The van der Waals surface area contributed by atoms with Crippen LogP contribution in [0, 0.1) is 6.92 Å². The molecule has 6 nitrogen and oxygen atoms in total. The highest BCUT2D eigenvalue weighted by Gasteiger charge is 2.25. The highest BCUT2D eigenvalue weighted by Crippen LogP contribution is 2.31. The minimum absolute atomic E-state index is 0.0583. The van der Waals surface area contributed by atoms with Gasteiger partial charge in [0.15, 0.2) is 5.78 Å². The van der Waals surface area contributed by atoms with E-state index in [4.69, 9.17) is 16.3 Å². The Morgan fingerprint density at radius 1 is 1.00 bits per heavy atom. The van der Waals surface area contributed by atoms with Crippen molar-refractivity contribution < 1.29 is 9.53 Å². The molecule has 0 unspecified atom stereocenters. The van der Waals surface area contributed by atoms with Crippen molar-refractivity contribution >= 4 is 40.5 Å². The molecule has 1 aliphatic carbocycles. The van der Waals surface area contributed by atoms with Gasteiger partial charge < -0.3 is 15.4 Å². The predicted octanol–water partition coefficient (Wildman–Crippen LogP) is 5.45. The van der Waals surface area contributed by atoms with Gasteiger partial charge in [0.2, 0.25) is 5.95 Å². The number of benzene rings is 2. The normalized spacial score (nSPS) is 13.0. The maximum absolute atomic E-state index is 12.6. The van der Waals surface area contributed by atoms with Crippen LogP contribution >= 0.6 is 11.6 Å². The van der Waals surface area contributed by atoms with Crippen LogP contribution in [0.1, 0.15) is 34.5 Å². The quantitative estimate of drug-likeness (QED) is 0.584. The summed E-state index contributed by atoms with van der Waals surface area (Å²) in [6.07, 6.45) is 2.04. The first-order valence-electron chi connectivity index (χ1n) is 9.42. The minimum Gasteiger partial charge on any atom is -0.497 e. The molecule has 0 saturated carbocycles. The van der Waals surface area contributed by atoms with Gasteiger partial charge in [-0.3, -0.25) is 4.79 Å². The molecule has 0 amide bonds. The maximum atomic E-state index is 12.6. The molecule has 0 fully saturated rings. The second-order valence-corrected chi connectivity index (χ2v) is 7.34. The number of halogens is 1. The Morgan fingerprint density at radius 2 is 1.76 bits per heavy atom. The fourth-order valence-electron chi connectivity index (χ4n) is 3.28. The Labute approximate surface area is 174 Å². The van der Waals surface area contributed by atoms with Gasteiger partial charge in [-0.2, -0.15) is 4.98 Å². The number of anilines is 4. The molecule has 0 aliphatic heterocycles. The van der Waals surface area contributed by atoms with Crippen molar-refractivity contribution in [2.24, 2.45) is 0 Å². The molecule has 0 saturated heterocycles. The van der Waals surface area contributed by atoms with E-state index in [1.165, 1.54) is 0 Å². The fourth-order valence-corrected chi connectivity index (χ4v) is 3.46. The molecular formula is C22H21ClN4O2. The first-order valence-corrected chi connectivity index (χ1v) is 9.79. The number of hydrogen-bond acceptors (Lipinski definition) is 6. The smallest absolute Gasteiger partial charge is 0.229 e. The number of methoxy groups -OCH3 is 1. The van der Waals surface area contributed by atoms with E-state index in [2.05, 4.69) is 20.6 Å². The van der Waals surface area contributed by atoms with Crippen molar-refractivity contribution in [2.45, 2.75) is 26.2 Å². The molecule has 0 spiro atoms. The van der Waals surface area contributed by atoms with Gasteiger partial charge in [0, 0.05) is 22.8 Å². The van der Waals surface area contributed by atoms with Crippen LogP contribution in [0.3, 0.4) is 0 Å². The molecule has 1 aliphatic rings. The van der Waals surface area contributed by atoms with E-state index in [-0.39, 0.29) is 5.78 Å². The summed E-state index contributed by atoms with van der Waals surface area (Å²) in [6, 6.07) is 13.2. The van der Waals surface area contributed by atoms with Crippen LogP contribution in [0.4, 0.5) is 23.1 Å². The number of ketones is 1. The summed E-state index contributed by atoms with van der Waals surface area (Å²) in [4.78, 5) is 21.8. The van der Waals surface area contributed by atoms with Crippen molar-refractivity contribution in [2.75, 3.05) is 17.7 Å². The monoisotopic (exact) mass is 408 g/mol. The number of carbonyl (C=O) groups is 1. The van der Waals surface area contributed by atoms with E-state index in [1.807, 2.05) is 49.4 Å². The van der Waals surface area contributed by atoms with Crippen molar-refractivity contribution in [1.82, 2.24) is 9.97 Å². The van der Waals surface area contributed by atoms with Crippen molar-refractivity contribution in [3.63, 3.8) is 0 Å². The third-order valence-corrected chi connectivity index (χ3v) is 5.27. The highest BCUT2D eigenvalue weighted by molar-refractivity contribution is 6.31. The number of fused-ring (bicyclic) bond motifs is 1. The van der Waals surface area contributed by atoms with E-state index in [0.717, 1.165) is 41.2 Å². The minimum atomic E-state index is 0.0583. The summed E-state index contributed by atoms with van der Waals surface area (Å²) in [5.41, 5.74) is 3.91. The number of hydrogen-bond donors (Lipinski definition) is 2. The summed E-state index contributed by atoms with van der Waals surface area (Å²) in [6.45, 7) is 1.94. The molecule has 3 aromatic rings. The van der Waals surface area contributed by atoms with Gasteiger partial charge in [-0.1, -0.05) is 17.7 Å².